The van der Waals surface area contributed by atoms with E-state index in [-0.39, 0.29) is 16.8 Å². The predicted octanol–water partition coefficient (Wildman–Crippen LogP) is 6.89. The van der Waals surface area contributed by atoms with Crippen molar-refractivity contribution in [2.75, 3.05) is 7.11 Å². The highest BCUT2D eigenvalue weighted by Crippen LogP contribution is 2.39. The quantitative estimate of drug-likeness (QED) is 0.315. The lowest BCUT2D eigenvalue weighted by molar-refractivity contribution is -0.131. The molecule has 0 bridgehead atoms. The van der Waals surface area contributed by atoms with Gasteiger partial charge in [0.15, 0.2) is 0 Å². The largest absolute Gasteiger partial charge is 0.497 e. The van der Waals surface area contributed by atoms with Gasteiger partial charge in [-0.1, -0.05) is 70.2 Å². The molecule has 0 spiro atoms. The van der Waals surface area contributed by atoms with Gasteiger partial charge in [0.2, 0.25) is 0 Å². The number of carbonyl (C=O) groups excluding carboxylic acids is 1. The van der Waals surface area contributed by atoms with Crippen LogP contribution in [0.15, 0.2) is 60.7 Å². The van der Waals surface area contributed by atoms with E-state index in [2.05, 4.69) is 83.1 Å². The first kappa shape index (κ1) is 23.6. The molecule has 0 saturated heterocycles. The van der Waals surface area contributed by atoms with Crippen LogP contribution in [0.3, 0.4) is 0 Å². The van der Waals surface area contributed by atoms with Gasteiger partial charge in [0.1, 0.15) is 11.5 Å². The second-order valence-corrected chi connectivity index (χ2v) is 9.59. The van der Waals surface area contributed by atoms with Crippen LogP contribution in [0, 0.1) is 13.8 Å². The van der Waals surface area contributed by atoms with Gasteiger partial charge in [-0.25, -0.2) is 0 Å². The van der Waals surface area contributed by atoms with Gasteiger partial charge in [0.25, 0.3) is 0 Å². The molecule has 32 heavy (non-hydrogen) atoms. The Morgan fingerprint density at radius 2 is 1.38 bits per heavy atom. The average molecular weight is 431 g/mol. The monoisotopic (exact) mass is 430 g/mol. The molecule has 0 aliphatic carbocycles. The van der Waals surface area contributed by atoms with E-state index >= 15 is 0 Å². The van der Waals surface area contributed by atoms with E-state index in [0.29, 0.717) is 5.75 Å². The number of hydrogen-bond donors (Lipinski definition) is 0. The summed E-state index contributed by atoms with van der Waals surface area (Å²) in [6.07, 6.45) is 0. The molecule has 3 aromatic rings. The summed E-state index contributed by atoms with van der Waals surface area (Å²) in [6, 6.07) is 21.2. The zero-order valence-corrected chi connectivity index (χ0v) is 20.5. The number of hydrogen-bond acceptors (Lipinski definition) is 3. The smallest absolute Gasteiger partial charge is 0.308 e. The summed E-state index contributed by atoms with van der Waals surface area (Å²) >= 11 is 0. The van der Waals surface area contributed by atoms with Crippen molar-refractivity contribution in [2.45, 2.75) is 59.3 Å². The summed E-state index contributed by atoms with van der Waals surface area (Å²) in [4.78, 5) is 11.3. The second kappa shape index (κ2) is 8.82. The molecular formula is C29H34O3. The fourth-order valence-corrected chi connectivity index (χ4v) is 4.39. The molecule has 0 fully saturated rings. The molecule has 0 heterocycles. The van der Waals surface area contributed by atoms with E-state index in [0.717, 1.165) is 11.3 Å². The topological polar surface area (TPSA) is 35.5 Å². The number of rotatable bonds is 6. The minimum atomic E-state index is -0.302. The van der Waals surface area contributed by atoms with Gasteiger partial charge in [-0.3, -0.25) is 4.79 Å². The first-order chi connectivity index (χ1) is 15.0. The number of carbonyl (C=O) groups is 1. The number of aryl methyl sites for hydroxylation is 2. The first-order valence-electron chi connectivity index (χ1n) is 11.0. The molecule has 0 radical (unpaired) electrons. The van der Waals surface area contributed by atoms with Crippen LogP contribution in [0.1, 0.15) is 68.0 Å². The number of methoxy groups -OCH3 is 1. The lowest BCUT2D eigenvalue weighted by Crippen LogP contribution is -2.23. The highest BCUT2D eigenvalue weighted by molar-refractivity contribution is 5.70. The van der Waals surface area contributed by atoms with Gasteiger partial charge in [0.05, 0.1) is 7.11 Å². The van der Waals surface area contributed by atoms with Gasteiger partial charge in [-0.2, -0.15) is 0 Å². The normalized spacial score (nSPS) is 11.9. The summed E-state index contributed by atoms with van der Waals surface area (Å²) in [5, 5.41) is 0. The Bertz CT molecular complexity index is 1140. The highest BCUT2D eigenvalue weighted by atomic mass is 16.5. The molecule has 168 valence electrons. The maximum atomic E-state index is 11.3. The van der Waals surface area contributed by atoms with Crippen LogP contribution in [0.4, 0.5) is 0 Å². The van der Waals surface area contributed by atoms with Gasteiger partial charge in [-0.15, -0.1) is 0 Å². The highest BCUT2D eigenvalue weighted by Gasteiger charge is 2.29. The Balaban J connectivity index is 2.01. The summed E-state index contributed by atoms with van der Waals surface area (Å²) < 4.78 is 10.7. The Labute approximate surface area is 192 Å². The van der Waals surface area contributed by atoms with E-state index in [1.54, 1.807) is 7.11 Å². The summed E-state index contributed by atoms with van der Waals surface area (Å²) in [5.41, 5.74) is 6.79. The fraction of sp³-hybridized carbons (Fsp3) is 0.345. The lowest BCUT2D eigenvalue weighted by atomic mass is 9.72. The molecule has 0 unspecified atom stereocenters. The van der Waals surface area contributed by atoms with Crippen molar-refractivity contribution in [2.24, 2.45) is 0 Å². The fourth-order valence-electron chi connectivity index (χ4n) is 4.39. The summed E-state index contributed by atoms with van der Waals surface area (Å²) in [5.74, 6) is 1.19. The molecular weight excluding hydrogens is 396 g/mol. The molecule has 3 heteroatoms. The molecule has 0 N–H and O–H groups in total. The molecule has 0 aromatic heterocycles. The van der Waals surface area contributed by atoms with E-state index in [1.165, 1.54) is 34.7 Å². The Hall–Kier alpha value is -3.07. The van der Waals surface area contributed by atoms with Crippen LogP contribution in [0.25, 0.3) is 0 Å². The molecule has 0 amide bonds. The van der Waals surface area contributed by atoms with Crippen LogP contribution < -0.4 is 9.47 Å². The van der Waals surface area contributed by atoms with Gasteiger partial charge in [0, 0.05) is 17.8 Å². The van der Waals surface area contributed by atoms with Crippen molar-refractivity contribution in [3.63, 3.8) is 0 Å². The van der Waals surface area contributed by atoms with Crippen LogP contribution in [0.2, 0.25) is 0 Å². The first-order valence-corrected chi connectivity index (χ1v) is 11.0. The van der Waals surface area contributed by atoms with Gasteiger partial charge in [-0.05, 0) is 65.4 Å². The number of esters is 1. The molecule has 0 aliphatic rings. The third-order valence-corrected chi connectivity index (χ3v) is 6.56. The van der Waals surface area contributed by atoms with Crippen LogP contribution >= 0.6 is 0 Å². The van der Waals surface area contributed by atoms with Crippen LogP contribution in [-0.4, -0.2) is 13.1 Å². The molecule has 0 saturated carbocycles. The molecule has 0 aliphatic heterocycles. The average Bonchev–Trinajstić information content (AvgIpc) is 2.74. The standard InChI is InChI=1S/C29H34O3/c1-19-17-25(31-8)13-14-26(19)29(6,7)23-11-9-10-22(18-23)28(4,5)24-12-15-27(20(2)16-24)32-21(3)30/h9-18H,1-8H3. The maximum absolute atomic E-state index is 11.3. The van der Waals surface area contributed by atoms with Crippen molar-refractivity contribution in [3.8, 4) is 11.5 Å². The van der Waals surface area contributed by atoms with Crippen molar-refractivity contribution in [1.82, 2.24) is 0 Å². The molecule has 3 aromatic carbocycles. The third-order valence-electron chi connectivity index (χ3n) is 6.56. The van der Waals surface area contributed by atoms with E-state index in [4.69, 9.17) is 9.47 Å². The second-order valence-electron chi connectivity index (χ2n) is 9.59. The van der Waals surface area contributed by atoms with Crippen molar-refractivity contribution >= 4 is 5.97 Å². The summed E-state index contributed by atoms with van der Waals surface area (Å²) in [6.45, 7) is 14.5. The minimum Gasteiger partial charge on any atom is -0.497 e. The Morgan fingerprint density at radius 3 is 1.94 bits per heavy atom. The lowest BCUT2D eigenvalue weighted by Gasteiger charge is -2.32. The van der Waals surface area contributed by atoms with E-state index < -0.39 is 0 Å². The number of benzene rings is 3. The van der Waals surface area contributed by atoms with Crippen LogP contribution in [-0.2, 0) is 15.6 Å². The molecule has 0 atom stereocenters. The molecule has 3 rings (SSSR count). The summed E-state index contributed by atoms with van der Waals surface area (Å²) in [7, 11) is 1.70. The number of ether oxygens (including phenoxy) is 2. The van der Waals surface area contributed by atoms with Crippen molar-refractivity contribution < 1.29 is 14.3 Å². The van der Waals surface area contributed by atoms with Gasteiger partial charge < -0.3 is 9.47 Å². The van der Waals surface area contributed by atoms with Crippen molar-refractivity contribution in [3.05, 3.63) is 94.0 Å². The SMILES string of the molecule is COc1ccc(C(C)(C)c2cccc(C(C)(C)c3ccc(OC(C)=O)c(C)c3)c2)c(C)c1. The molecule has 3 nitrogen and oxygen atoms in total. The van der Waals surface area contributed by atoms with Crippen LogP contribution in [0.5, 0.6) is 11.5 Å². The maximum Gasteiger partial charge on any atom is 0.308 e. The zero-order valence-electron chi connectivity index (χ0n) is 20.5. The van der Waals surface area contributed by atoms with Crippen molar-refractivity contribution in [1.29, 1.82) is 0 Å². The van der Waals surface area contributed by atoms with E-state index in [1.807, 2.05) is 19.1 Å². The Morgan fingerprint density at radius 1 is 0.750 bits per heavy atom. The minimum absolute atomic E-state index is 0.155. The Kier molecular flexibility index (Phi) is 6.50. The predicted molar refractivity (Wildman–Crippen MR) is 131 cm³/mol. The van der Waals surface area contributed by atoms with Gasteiger partial charge >= 0.3 is 5.97 Å². The third kappa shape index (κ3) is 4.57. The van der Waals surface area contributed by atoms with E-state index in [9.17, 15) is 4.79 Å². The zero-order chi connectivity index (χ0) is 23.7.